The lowest BCUT2D eigenvalue weighted by molar-refractivity contribution is -0.119. The van der Waals surface area contributed by atoms with E-state index in [-0.39, 0.29) is 6.61 Å². The highest BCUT2D eigenvalue weighted by atomic mass is 32.2. The lowest BCUT2D eigenvalue weighted by atomic mass is 10.2. The fourth-order valence-corrected chi connectivity index (χ4v) is 2.88. The van der Waals surface area contributed by atoms with Gasteiger partial charge < -0.3 is 14.8 Å². The van der Waals surface area contributed by atoms with Gasteiger partial charge in [-0.15, -0.1) is 11.8 Å². The van der Waals surface area contributed by atoms with Gasteiger partial charge in [0.2, 0.25) is 0 Å². The van der Waals surface area contributed by atoms with E-state index in [1.54, 1.807) is 42.1 Å². The number of anilines is 1. The van der Waals surface area contributed by atoms with Gasteiger partial charge in [0.15, 0.2) is 6.61 Å². The zero-order valence-corrected chi connectivity index (χ0v) is 16.1. The second-order valence-electron chi connectivity index (χ2n) is 5.80. The van der Waals surface area contributed by atoms with E-state index in [1.165, 1.54) is 0 Å². The molecule has 0 radical (unpaired) electrons. The van der Waals surface area contributed by atoms with E-state index in [9.17, 15) is 9.59 Å². The van der Waals surface area contributed by atoms with Crippen LogP contribution in [0, 0.1) is 0 Å². The summed E-state index contributed by atoms with van der Waals surface area (Å²) in [7, 11) is 0. The molecule has 0 aliphatic rings. The monoisotopic (exact) mass is 393 g/mol. The van der Waals surface area contributed by atoms with Gasteiger partial charge in [0.05, 0.1) is 5.56 Å². The van der Waals surface area contributed by atoms with Gasteiger partial charge in [-0.3, -0.25) is 4.79 Å². The Labute approximate surface area is 167 Å². The lowest BCUT2D eigenvalue weighted by Crippen LogP contribution is -2.20. The van der Waals surface area contributed by atoms with Crippen LogP contribution in [0.15, 0.2) is 83.8 Å². The third-order valence-corrected chi connectivity index (χ3v) is 4.46. The van der Waals surface area contributed by atoms with Gasteiger partial charge in [-0.2, -0.15) is 0 Å². The number of amides is 1. The van der Waals surface area contributed by atoms with Gasteiger partial charge >= 0.3 is 5.97 Å². The highest BCUT2D eigenvalue weighted by molar-refractivity contribution is 7.98. The Bertz CT molecular complexity index is 960. The maximum absolute atomic E-state index is 12.2. The number of nitrogens with one attached hydrogen (secondary N) is 1. The Morgan fingerprint density at radius 1 is 0.893 bits per heavy atom. The minimum absolute atomic E-state index is 0.311. The first-order valence-electron chi connectivity index (χ1n) is 8.58. The van der Waals surface area contributed by atoms with Crippen molar-refractivity contribution < 1.29 is 19.1 Å². The molecular formula is C22H19NO4S. The minimum Gasteiger partial charge on any atom is -0.457 e. The van der Waals surface area contributed by atoms with Crippen LogP contribution in [0.2, 0.25) is 0 Å². The molecule has 0 heterocycles. The predicted octanol–water partition coefficient (Wildman–Crippen LogP) is 5.00. The van der Waals surface area contributed by atoms with Crippen molar-refractivity contribution in [1.82, 2.24) is 0 Å². The van der Waals surface area contributed by atoms with Gasteiger partial charge in [-0.05, 0) is 54.8 Å². The zero-order valence-electron chi connectivity index (χ0n) is 15.3. The molecule has 0 saturated carbocycles. The summed E-state index contributed by atoms with van der Waals surface area (Å²) in [5.74, 6) is 0.189. The van der Waals surface area contributed by atoms with Crippen LogP contribution in [0.25, 0.3) is 0 Å². The molecule has 0 aromatic heterocycles. The number of thioether (sulfide) groups is 1. The lowest BCUT2D eigenvalue weighted by Gasteiger charge is -2.09. The van der Waals surface area contributed by atoms with Crippen molar-refractivity contribution in [1.29, 1.82) is 0 Å². The van der Waals surface area contributed by atoms with Crippen molar-refractivity contribution in [3.05, 3.63) is 84.4 Å². The van der Waals surface area contributed by atoms with E-state index in [4.69, 9.17) is 9.47 Å². The second-order valence-corrected chi connectivity index (χ2v) is 6.68. The molecule has 1 N–H and O–H groups in total. The first-order valence-corrected chi connectivity index (χ1v) is 9.80. The quantitative estimate of drug-likeness (QED) is 0.452. The van der Waals surface area contributed by atoms with E-state index in [2.05, 4.69) is 5.32 Å². The molecule has 0 spiro atoms. The van der Waals surface area contributed by atoms with Crippen LogP contribution in [0.4, 0.5) is 5.69 Å². The largest absolute Gasteiger partial charge is 0.457 e. The average Bonchev–Trinajstić information content (AvgIpc) is 2.73. The van der Waals surface area contributed by atoms with E-state index < -0.39 is 11.9 Å². The number of ether oxygens (including phenoxy) is 2. The van der Waals surface area contributed by atoms with Crippen LogP contribution in [0.3, 0.4) is 0 Å². The minimum atomic E-state index is -0.591. The normalized spacial score (nSPS) is 10.2. The molecule has 0 aliphatic carbocycles. The number of carbonyl (C=O) groups excluding carboxylic acids is 2. The average molecular weight is 393 g/mol. The number of hydrogen-bond acceptors (Lipinski definition) is 5. The number of rotatable bonds is 7. The van der Waals surface area contributed by atoms with Crippen molar-refractivity contribution in [2.24, 2.45) is 0 Å². The van der Waals surface area contributed by atoms with Crippen molar-refractivity contribution in [3.8, 4) is 11.5 Å². The molecule has 0 fully saturated rings. The Morgan fingerprint density at radius 2 is 1.64 bits per heavy atom. The summed E-state index contributed by atoms with van der Waals surface area (Å²) < 4.78 is 10.8. The Balaban J connectivity index is 1.55. The van der Waals surface area contributed by atoms with Crippen LogP contribution in [0.1, 0.15) is 10.4 Å². The fraction of sp³-hybridized carbons (Fsp3) is 0.0909. The molecule has 3 rings (SSSR count). The zero-order chi connectivity index (χ0) is 19.8. The number of carbonyl (C=O) groups is 2. The number of esters is 1. The predicted molar refractivity (Wildman–Crippen MR) is 110 cm³/mol. The summed E-state index contributed by atoms with van der Waals surface area (Å²) in [6.45, 7) is -0.369. The topological polar surface area (TPSA) is 64.6 Å². The summed E-state index contributed by atoms with van der Waals surface area (Å²) in [6.07, 6.45) is 1.96. The van der Waals surface area contributed by atoms with Crippen LogP contribution < -0.4 is 10.1 Å². The Kier molecular flexibility index (Phi) is 6.70. The maximum atomic E-state index is 12.2. The molecule has 0 aliphatic heterocycles. The summed E-state index contributed by atoms with van der Waals surface area (Å²) in [5, 5.41) is 2.71. The van der Waals surface area contributed by atoms with E-state index >= 15 is 0 Å². The SMILES string of the molecule is CSc1cccc(NC(=O)COC(=O)c2cccc(Oc3ccccc3)c2)c1. The summed E-state index contributed by atoms with van der Waals surface area (Å²) in [5.41, 5.74) is 0.969. The molecule has 3 aromatic carbocycles. The highest BCUT2D eigenvalue weighted by Crippen LogP contribution is 2.22. The van der Waals surface area contributed by atoms with E-state index in [1.807, 2.05) is 54.8 Å². The molecular weight excluding hydrogens is 374 g/mol. The Morgan fingerprint density at radius 3 is 2.43 bits per heavy atom. The van der Waals surface area contributed by atoms with Gasteiger partial charge in [0.1, 0.15) is 11.5 Å². The summed E-state index contributed by atoms with van der Waals surface area (Å²) in [6, 6.07) is 23.3. The van der Waals surface area contributed by atoms with Crippen LogP contribution in [-0.4, -0.2) is 24.7 Å². The van der Waals surface area contributed by atoms with E-state index in [0.29, 0.717) is 22.7 Å². The molecule has 0 atom stereocenters. The van der Waals surface area contributed by atoms with Crippen LogP contribution in [0.5, 0.6) is 11.5 Å². The van der Waals surface area contributed by atoms with Gasteiger partial charge in [0, 0.05) is 10.6 Å². The van der Waals surface area contributed by atoms with Crippen LogP contribution in [-0.2, 0) is 9.53 Å². The molecule has 28 heavy (non-hydrogen) atoms. The number of benzene rings is 3. The molecule has 0 bridgehead atoms. The van der Waals surface area contributed by atoms with Gasteiger partial charge in [-0.1, -0.05) is 30.3 Å². The molecule has 0 saturated heterocycles. The smallest absolute Gasteiger partial charge is 0.338 e. The van der Waals surface area contributed by atoms with Crippen molar-refractivity contribution >= 4 is 29.3 Å². The Hall–Kier alpha value is -3.25. The van der Waals surface area contributed by atoms with Crippen molar-refractivity contribution in [3.63, 3.8) is 0 Å². The van der Waals surface area contributed by atoms with Crippen LogP contribution >= 0.6 is 11.8 Å². The summed E-state index contributed by atoms with van der Waals surface area (Å²) >= 11 is 1.58. The number of hydrogen-bond donors (Lipinski definition) is 1. The molecule has 5 nitrogen and oxygen atoms in total. The molecule has 1 amide bonds. The first kappa shape index (κ1) is 19.5. The first-order chi connectivity index (χ1) is 13.6. The highest BCUT2D eigenvalue weighted by Gasteiger charge is 2.12. The molecule has 3 aromatic rings. The standard InChI is InChI=1S/C22H19NO4S/c1-28-20-12-6-8-17(14-20)23-21(24)15-26-22(25)16-7-5-11-19(13-16)27-18-9-3-2-4-10-18/h2-14H,15H2,1H3,(H,23,24). The maximum Gasteiger partial charge on any atom is 0.338 e. The van der Waals surface area contributed by atoms with Gasteiger partial charge in [-0.25, -0.2) is 4.79 Å². The fourth-order valence-electron chi connectivity index (χ4n) is 2.42. The van der Waals surface area contributed by atoms with Crippen molar-refractivity contribution in [2.45, 2.75) is 4.90 Å². The molecule has 6 heteroatoms. The second kappa shape index (κ2) is 9.62. The summed E-state index contributed by atoms with van der Waals surface area (Å²) in [4.78, 5) is 25.3. The number of para-hydroxylation sites is 1. The third-order valence-electron chi connectivity index (χ3n) is 3.74. The third kappa shape index (κ3) is 5.62. The molecule has 0 unspecified atom stereocenters. The van der Waals surface area contributed by atoms with Crippen molar-refractivity contribution in [2.75, 3.05) is 18.2 Å². The molecule has 142 valence electrons. The van der Waals surface area contributed by atoms with Gasteiger partial charge in [0.25, 0.3) is 5.91 Å². The van der Waals surface area contributed by atoms with E-state index in [0.717, 1.165) is 4.90 Å².